The average Bonchev–Trinajstić information content (AvgIpc) is 2.45. The lowest BCUT2D eigenvalue weighted by atomic mass is 10.1. The van der Waals surface area contributed by atoms with Gasteiger partial charge in [-0.25, -0.2) is 0 Å². The summed E-state index contributed by atoms with van der Waals surface area (Å²) in [5.74, 6) is 0.348. The van der Waals surface area contributed by atoms with Crippen molar-refractivity contribution in [2.75, 3.05) is 12.4 Å². The van der Waals surface area contributed by atoms with Gasteiger partial charge in [0.05, 0.1) is 12.8 Å². The molecule has 2 aromatic rings. The van der Waals surface area contributed by atoms with E-state index >= 15 is 0 Å². The summed E-state index contributed by atoms with van der Waals surface area (Å²) in [6.45, 7) is 3.77. The molecule has 5 heteroatoms. The quantitative estimate of drug-likeness (QED) is 0.829. The molecule has 0 bridgehead atoms. The minimum Gasteiger partial charge on any atom is -0.495 e. The van der Waals surface area contributed by atoms with Gasteiger partial charge in [-0.3, -0.25) is 4.79 Å². The minimum absolute atomic E-state index is 0.186. The molecule has 21 heavy (non-hydrogen) atoms. The molecule has 2 aromatic carbocycles. The Hall–Kier alpha value is -1.52. The van der Waals surface area contributed by atoms with Gasteiger partial charge in [0.15, 0.2) is 0 Å². The molecule has 3 nitrogen and oxygen atoms in total. The van der Waals surface area contributed by atoms with E-state index in [1.54, 1.807) is 25.3 Å². The summed E-state index contributed by atoms with van der Waals surface area (Å²) in [7, 11) is 1.54. The molecule has 110 valence electrons. The first-order chi connectivity index (χ1) is 9.92. The maximum absolute atomic E-state index is 12.4. The number of benzene rings is 2. The van der Waals surface area contributed by atoms with E-state index in [1.807, 2.05) is 26.0 Å². The Morgan fingerprint density at radius 2 is 1.90 bits per heavy atom. The van der Waals surface area contributed by atoms with Gasteiger partial charge in [-0.1, -0.05) is 33.6 Å². The molecule has 0 heterocycles. The van der Waals surface area contributed by atoms with Crippen molar-refractivity contribution < 1.29 is 9.53 Å². The highest BCUT2D eigenvalue weighted by atomic mass is 79.9. The molecular formula is C16H15BrClNO2. The van der Waals surface area contributed by atoms with Gasteiger partial charge < -0.3 is 10.1 Å². The zero-order chi connectivity index (χ0) is 15.6. The van der Waals surface area contributed by atoms with Gasteiger partial charge in [0.1, 0.15) is 5.75 Å². The van der Waals surface area contributed by atoms with E-state index in [1.165, 1.54) is 0 Å². The van der Waals surface area contributed by atoms with Crippen molar-refractivity contribution in [1.29, 1.82) is 0 Å². The number of nitrogens with one attached hydrogen (secondary N) is 1. The second-order valence-corrected chi connectivity index (χ2v) is 6.04. The van der Waals surface area contributed by atoms with Crippen molar-refractivity contribution in [3.63, 3.8) is 0 Å². The molecule has 0 spiro atoms. The molecule has 0 saturated heterocycles. The summed E-state index contributed by atoms with van der Waals surface area (Å²) in [6.07, 6.45) is 0. The van der Waals surface area contributed by atoms with Crippen molar-refractivity contribution >= 4 is 39.1 Å². The van der Waals surface area contributed by atoms with Crippen LogP contribution < -0.4 is 10.1 Å². The van der Waals surface area contributed by atoms with Crippen molar-refractivity contribution in [3.05, 3.63) is 56.5 Å². The second-order valence-electron chi connectivity index (χ2n) is 4.72. The van der Waals surface area contributed by atoms with Crippen molar-refractivity contribution in [1.82, 2.24) is 0 Å². The third kappa shape index (κ3) is 3.57. The summed E-state index contributed by atoms with van der Waals surface area (Å²) >= 11 is 9.44. The number of hydrogen-bond acceptors (Lipinski definition) is 2. The number of rotatable bonds is 3. The molecule has 0 aliphatic heterocycles. The Morgan fingerprint density at radius 1 is 1.19 bits per heavy atom. The summed E-state index contributed by atoms with van der Waals surface area (Å²) in [5.41, 5.74) is 2.99. The molecule has 1 N–H and O–H groups in total. The summed E-state index contributed by atoms with van der Waals surface area (Å²) < 4.78 is 6.12. The lowest BCUT2D eigenvalue weighted by molar-refractivity contribution is 0.102. The molecule has 0 aliphatic rings. The normalized spacial score (nSPS) is 10.3. The smallest absolute Gasteiger partial charge is 0.256 e. The van der Waals surface area contributed by atoms with Crippen LogP contribution >= 0.6 is 27.5 Å². The summed E-state index contributed by atoms with van der Waals surface area (Å²) in [5, 5.41) is 3.47. The van der Waals surface area contributed by atoms with Gasteiger partial charge >= 0.3 is 0 Å². The Labute approximate surface area is 137 Å². The fourth-order valence-corrected chi connectivity index (χ4v) is 2.47. The van der Waals surface area contributed by atoms with Crippen LogP contribution in [-0.2, 0) is 0 Å². The summed E-state index contributed by atoms with van der Waals surface area (Å²) in [6, 6.07) is 9.08. The predicted molar refractivity (Wildman–Crippen MR) is 89.6 cm³/mol. The fourth-order valence-electron chi connectivity index (χ4n) is 1.96. The van der Waals surface area contributed by atoms with Crippen LogP contribution in [0.4, 0.5) is 5.69 Å². The number of carbonyl (C=O) groups excluding carboxylic acids is 1. The number of amides is 1. The Balaban J connectivity index is 2.35. The molecular weight excluding hydrogens is 354 g/mol. The first-order valence-corrected chi connectivity index (χ1v) is 7.51. The van der Waals surface area contributed by atoms with E-state index in [-0.39, 0.29) is 5.91 Å². The molecule has 0 radical (unpaired) electrons. The Morgan fingerprint density at radius 3 is 2.57 bits per heavy atom. The van der Waals surface area contributed by atoms with Gasteiger partial charge in [-0.2, -0.15) is 0 Å². The number of aryl methyl sites for hydroxylation is 2. The minimum atomic E-state index is -0.186. The zero-order valence-electron chi connectivity index (χ0n) is 12.0. The van der Waals surface area contributed by atoms with Gasteiger partial charge in [-0.05, 0) is 43.2 Å². The molecule has 0 atom stereocenters. The molecule has 0 fully saturated rings. The lowest BCUT2D eigenvalue weighted by Crippen LogP contribution is -2.14. The Bertz CT molecular complexity index is 701. The van der Waals surface area contributed by atoms with Gasteiger partial charge in [0.25, 0.3) is 5.91 Å². The zero-order valence-corrected chi connectivity index (χ0v) is 14.3. The standard InChI is InChI=1S/C16H15BrClNO2/c1-9-4-5-11(17)7-12(9)16(20)19-14-6-10(2)13(18)8-15(14)21-3/h4-8H,1-3H3,(H,19,20). The highest BCUT2D eigenvalue weighted by Crippen LogP contribution is 2.31. The molecule has 1 amide bonds. The van der Waals surface area contributed by atoms with Crippen LogP contribution in [0.15, 0.2) is 34.8 Å². The largest absolute Gasteiger partial charge is 0.495 e. The highest BCUT2D eigenvalue weighted by molar-refractivity contribution is 9.10. The van der Waals surface area contributed by atoms with Gasteiger partial charge in [-0.15, -0.1) is 0 Å². The third-order valence-corrected chi connectivity index (χ3v) is 4.07. The van der Waals surface area contributed by atoms with Crippen molar-refractivity contribution in [2.45, 2.75) is 13.8 Å². The monoisotopic (exact) mass is 367 g/mol. The van der Waals surface area contributed by atoms with E-state index in [0.717, 1.165) is 15.6 Å². The maximum Gasteiger partial charge on any atom is 0.256 e. The Kier molecular flexibility index (Phi) is 4.91. The number of ether oxygens (including phenoxy) is 1. The SMILES string of the molecule is COc1cc(Cl)c(C)cc1NC(=O)c1cc(Br)ccc1C. The van der Waals surface area contributed by atoms with Crippen LogP contribution in [-0.4, -0.2) is 13.0 Å². The van der Waals surface area contributed by atoms with E-state index in [0.29, 0.717) is 22.0 Å². The molecule has 0 aliphatic carbocycles. The molecule has 2 rings (SSSR count). The molecule has 0 unspecified atom stereocenters. The van der Waals surface area contributed by atoms with E-state index in [4.69, 9.17) is 16.3 Å². The van der Waals surface area contributed by atoms with Gasteiger partial charge in [0, 0.05) is 21.1 Å². The van der Waals surface area contributed by atoms with Crippen LogP contribution in [0.3, 0.4) is 0 Å². The number of methoxy groups -OCH3 is 1. The maximum atomic E-state index is 12.4. The average molecular weight is 369 g/mol. The predicted octanol–water partition coefficient (Wildman–Crippen LogP) is 4.98. The van der Waals surface area contributed by atoms with Crippen LogP contribution in [0.2, 0.25) is 5.02 Å². The van der Waals surface area contributed by atoms with Crippen molar-refractivity contribution in [3.8, 4) is 5.75 Å². The number of halogens is 2. The van der Waals surface area contributed by atoms with E-state index in [9.17, 15) is 4.79 Å². The van der Waals surface area contributed by atoms with Crippen LogP contribution in [0.25, 0.3) is 0 Å². The van der Waals surface area contributed by atoms with E-state index < -0.39 is 0 Å². The van der Waals surface area contributed by atoms with Crippen molar-refractivity contribution in [2.24, 2.45) is 0 Å². The molecule has 0 saturated carbocycles. The number of carbonyl (C=O) groups is 1. The molecule has 0 aromatic heterocycles. The number of hydrogen-bond donors (Lipinski definition) is 1. The van der Waals surface area contributed by atoms with Crippen LogP contribution in [0, 0.1) is 13.8 Å². The third-order valence-electron chi connectivity index (χ3n) is 3.17. The van der Waals surface area contributed by atoms with Gasteiger partial charge in [0.2, 0.25) is 0 Å². The highest BCUT2D eigenvalue weighted by Gasteiger charge is 2.14. The topological polar surface area (TPSA) is 38.3 Å². The van der Waals surface area contributed by atoms with E-state index in [2.05, 4.69) is 21.2 Å². The fraction of sp³-hybridized carbons (Fsp3) is 0.188. The van der Waals surface area contributed by atoms with Crippen LogP contribution in [0.5, 0.6) is 5.75 Å². The van der Waals surface area contributed by atoms with Crippen LogP contribution in [0.1, 0.15) is 21.5 Å². The second kappa shape index (κ2) is 6.50. The summed E-state index contributed by atoms with van der Waals surface area (Å²) in [4.78, 5) is 12.4. The lowest BCUT2D eigenvalue weighted by Gasteiger charge is -2.13. The number of anilines is 1. The first kappa shape index (κ1) is 15.9. The first-order valence-electron chi connectivity index (χ1n) is 6.34.